The molecule has 12 rings (SSSR count). The highest BCUT2D eigenvalue weighted by atomic mass is 32.1. The van der Waals surface area contributed by atoms with E-state index in [2.05, 4.69) is 150 Å². The Morgan fingerprint density at radius 3 is 1.96 bits per heavy atom. The Balaban J connectivity index is 1.13. The van der Waals surface area contributed by atoms with Crippen molar-refractivity contribution in [3.63, 3.8) is 0 Å². The minimum atomic E-state index is 0.913. The number of imidazole rings is 1. The fourth-order valence-electron chi connectivity index (χ4n) is 8.23. The molecule has 0 unspecified atom stereocenters. The molecule has 12 aromatic rings. The molecular formula is C47H26N2OS. The maximum absolute atomic E-state index is 6.41. The fraction of sp³-hybridized carbons (Fsp3) is 0. The van der Waals surface area contributed by atoms with Crippen molar-refractivity contribution in [1.29, 1.82) is 0 Å². The largest absolute Gasteiger partial charge is 0.455 e. The molecule has 0 fully saturated rings. The lowest BCUT2D eigenvalue weighted by atomic mass is 9.99. The number of nitrogens with zero attached hydrogens (tertiary/aromatic N) is 2. The Hall–Kier alpha value is -6.49. The molecule has 0 radical (unpaired) electrons. The highest BCUT2D eigenvalue weighted by Gasteiger charge is 2.19. The van der Waals surface area contributed by atoms with Crippen molar-refractivity contribution in [2.75, 3.05) is 0 Å². The van der Waals surface area contributed by atoms with Crippen LogP contribution in [0.1, 0.15) is 0 Å². The van der Waals surface area contributed by atoms with Gasteiger partial charge in [0.25, 0.3) is 0 Å². The van der Waals surface area contributed by atoms with Gasteiger partial charge >= 0.3 is 0 Å². The topological polar surface area (TPSA) is 30.4 Å². The van der Waals surface area contributed by atoms with Crippen LogP contribution in [-0.2, 0) is 0 Å². The maximum Gasteiger partial charge on any atom is 0.156 e. The number of pyridine rings is 1. The Kier molecular flexibility index (Phi) is 5.38. The number of thiophene rings is 1. The van der Waals surface area contributed by atoms with E-state index < -0.39 is 0 Å². The number of rotatable bonds is 2. The molecule has 4 aromatic heterocycles. The minimum Gasteiger partial charge on any atom is -0.455 e. The first-order chi connectivity index (χ1) is 25.2. The number of furan rings is 1. The number of benzene rings is 8. The van der Waals surface area contributed by atoms with Crippen molar-refractivity contribution in [1.82, 2.24) is 9.38 Å². The summed E-state index contributed by atoms with van der Waals surface area (Å²) in [6.45, 7) is 0. The van der Waals surface area contributed by atoms with E-state index >= 15 is 0 Å². The Morgan fingerprint density at radius 1 is 0.490 bits per heavy atom. The van der Waals surface area contributed by atoms with Crippen LogP contribution in [0.25, 0.3) is 113 Å². The molecule has 0 aliphatic rings. The van der Waals surface area contributed by atoms with Gasteiger partial charge in [0.05, 0.1) is 21.4 Å². The van der Waals surface area contributed by atoms with Crippen LogP contribution >= 0.6 is 11.3 Å². The van der Waals surface area contributed by atoms with E-state index in [-0.39, 0.29) is 0 Å². The summed E-state index contributed by atoms with van der Waals surface area (Å²) in [6.07, 6.45) is 0. The standard InChI is InChI=1S/C47H26N2OS/c1-2-9-30-21-34-24-42-40(23-33(34)20-29(30)8-1)48-47-46-39(38-22-31-10-3-4-11-32(31)25-44(38)51-46)26-41(49(42)47)28-18-16-27(17-19-28)35-13-7-14-37-36-12-5-6-15-43(36)50-45(35)37/h1-26H. The number of fused-ring (bicyclic) bond motifs is 13. The van der Waals surface area contributed by atoms with Gasteiger partial charge in [-0.3, -0.25) is 4.40 Å². The molecular weight excluding hydrogens is 641 g/mol. The number of hydrogen-bond acceptors (Lipinski definition) is 3. The van der Waals surface area contributed by atoms with Crippen molar-refractivity contribution in [2.45, 2.75) is 0 Å². The molecule has 0 saturated heterocycles. The van der Waals surface area contributed by atoms with Gasteiger partial charge in [-0.2, -0.15) is 0 Å². The quantitative estimate of drug-likeness (QED) is 0.172. The lowest BCUT2D eigenvalue weighted by Gasteiger charge is -2.11. The van der Waals surface area contributed by atoms with Crippen LogP contribution in [-0.4, -0.2) is 9.38 Å². The van der Waals surface area contributed by atoms with E-state index in [1.165, 1.54) is 52.5 Å². The van der Waals surface area contributed by atoms with Crippen LogP contribution in [0, 0.1) is 0 Å². The molecule has 236 valence electrons. The highest BCUT2D eigenvalue weighted by molar-refractivity contribution is 7.26. The van der Waals surface area contributed by atoms with Crippen molar-refractivity contribution < 1.29 is 4.42 Å². The lowest BCUT2D eigenvalue weighted by molar-refractivity contribution is 0.670. The Bertz CT molecular complexity index is 3400. The second-order valence-corrected chi connectivity index (χ2v) is 14.6. The molecule has 8 aromatic carbocycles. The van der Waals surface area contributed by atoms with E-state index in [1.807, 2.05) is 23.5 Å². The molecule has 0 aliphatic heterocycles. The maximum atomic E-state index is 6.41. The van der Waals surface area contributed by atoms with Gasteiger partial charge in [-0.15, -0.1) is 11.3 Å². The van der Waals surface area contributed by atoms with Gasteiger partial charge in [0.15, 0.2) is 5.65 Å². The smallest absolute Gasteiger partial charge is 0.156 e. The summed E-state index contributed by atoms with van der Waals surface area (Å²) in [5, 5.41) is 12.2. The summed E-state index contributed by atoms with van der Waals surface area (Å²) in [5.74, 6) is 0. The predicted octanol–water partition coefficient (Wildman–Crippen LogP) is 13.5. The summed E-state index contributed by atoms with van der Waals surface area (Å²) in [5.41, 5.74) is 9.44. The molecule has 4 heteroatoms. The summed E-state index contributed by atoms with van der Waals surface area (Å²) in [7, 11) is 0. The molecule has 0 amide bonds. The Labute approximate surface area is 295 Å². The average molecular weight is 667 g/mol. The van der Waals surface area contributed by atoms with Gasteiger partial charge in [-0.1, -0.05) is 109 Å². The minimum absolute atomic E-state index is 0.913. The number of aromatic nitrogens is 2. The third-order valence-electron chi connectivity index (χ3n) is 10.7. The summed E-state index contributed by atoms with van der Waals surface area (Å²) in [4.78, 5) is 5.41. The average Bonchev–Trinajstić information content (AvgIpc) is 3.86. The molecule has 0 saturated carbocycles. The zero-order chi connectivity index (χ0) is 33.2. The highest BCUT2D eigenvalue weighted by Crippen LogP contribution is 2.43. The normalized spacial score (nSPS) is 12.3. The van der Waals surface area contributed by atoms with Crippen LogP contribution in [0.5, 0.6) is 0 Å². The second-order valence-electron chi connectivity index (χ2n) is 13.6. The molecule has 0 N–H and O–H groups in total. The summed E-state index contributed by atoms with van der Waals surface area (Å²) in [6, 6.07) is 57.2. The molecule has 0 bridgehead atoms. The third-order valence-corrected chi connectivity index (χ3v) is 11.9. The van der Waals surface area contributed by atoms with Crippen molar-refractivity contribution in [3.8, 4) is 22.4 Å². The van der Waals surface area contributed by atoms with Gasteiger partial charge < -0.3 is 4.42 Å². The van der Waals surface area contributed by atoms with Gasteiger partial charge in [0.2, 0.25) is 0 Å². The van der Waals surface area contributed by atoms with E-state index in [0.29, 0.717) is 0 Å². The first-order valence-corrected chi connectivity index (χ1v) is 18.1. The molecule has 4 heterocycles. The number of para-hydroxylation sites is 2. The van der Waals surface area contributed by atoms with Gasteiger partial charge in [-0.05, 0) is 92.0 Å². The summed E-state index contributed by atoms with van der Waals surface area (Å²) < 4.78 is 11.3. The monoisotopic (exact) mass is 666 g/mol. The van der Waals surface area contributed by atoms with Crippen LogP contribution in [0.3, 0.4) is 0 Å². The molecule has 0 atom stereocenters. The molecule has 0 spiro atoms. The van der Waals surface area contributed by atoms with Crippen molar-refractivity contribution in [3.05, 3.63) is 158 Å². The predicted molar refractivity (Wildman–Crippen MR) is 216 cm³/mol. The Morgan fingerprint density at radius 2 is 1.16 bits per heavy atom. The SMILES string of the molecule is c1ccc2cc3cc4c(cc3cc2c1)nc1c2sc3cc5ccccc5cc3c2cc(-c2ccc(-c3cccc5c3oc3ccccc35)cc2)n41. The van der Waals surface area contributed by atoms with Gasteiger partial charge in [0, 0.05) is 31.8 Å². The van der Waals surface area contributed by atoms with Crippen molar-refractivity contribution in [2.24, 2.45) is 0 Å². The van der Waals surface area contributed by atoms with Crippen LogP contribution in [0.4, 0.5) is 0 Å². The first-order valence-electron chi connectivity index (χ1n) is 17.3. The van der Waals surface area contributed by atoms with Crippen LogP contribution in [0.2, 0.25) is 0 Å². The zero-order valence-corrected chi connectivity index (χ0v) is 28.0. The van der Waals surface area contributed by atoms with E-state index in [1.54, 1.807) is 0 Å². The number of hydrogen-bond donors (Lipinski definition) is 0. The molecule has 0 aliphatic carbocycles. The second kappa shape index (κ2) is 10.0. The molecule has 51 heavy (non-hydrogen) atoms. The zero-order valence-electron chi connectivity index (χ0n) is 27.2. The first kappa shape index (κ1) is 27.3. The summed E-state index contributed by atoms with van der Waals surface area (Å²) >= 11 is 1.84. The van der Waals surface area contributed by atoms with E-state index in [9.17, 15) is 0 Å². The van der Waals surface area contributed by atoms with Crippen LogP contribution < -0.4 is 0 Å². The van der Waals surface area contributed by atoms with Gasteiger partial charge in [0.1, 0.15) is 11.2 Å². The fourth-order valence-corrected chi connectivity index (χ4v) is 9.42. The van der Waals surface area contributed by atoms with E-state index in [4.69, 9.17) is 9.40 Å². The van der Waals surface area contributed by atoms with Gasteiger partial charge in [-0.25, -0.2) is 4.98 Å². The van der Waals surface area contributed by atoms with Crippen molar-refractivity contribution >= 4 is 102 Å². The van der Waals surface area contributed by atoms with Crippen LogP contribution in [0.15, 0.2) is 162 Å². The lowest BCUT2D eigenvalue weighted by Crippen LogP contribution is -1.93. The third kappa shape index (κ3) is 3.91. The van der Waals surface area contributed by atoms with E-state index in [0.717, 1.165) is 61.0 Å². The molecule has 3 nitrogen and oxygen atoms in total.